The number of methoxy groups -OCH3 is 1. The van der Waals surface area contributed by atoms with E-state index in [0.29, 0.717) is 10.9 Å². The molecule has 0 bridgehead atoms. The number of rotatable bonds is 4. The van der Waals surface area contributed by atoms with Crippen molar-refractivity contribution in [3.63, 3.8) is 0 Å². The van der Waals surface area contributed by atoms with E-state index in [1.165, 1.54) is 0 Å². The topological polar surface area (TPSA) is 48.1 Å². The highest BCUT2D eigenvalue weighted by Gasteiger charge is 2.09. The van der Waals surface area contributed by atoms with E-state index in [2.05, 4.69) is 4.98 Å². The fourth-order valence-corrected chi connectivity index (χ4v) is 1.46. The van der Waals surface area contributed by atoms with Crippen LogP contribution in [0.5, 0.6) is 5.88 Å². The van der Waals surface area contributed by atoms with E-state index in [4.69, 9.17) is 22.1 Å². The zero-order valence-corrected chi connectivity index (χ0v) is 9.21. The maximum atomic E-state index is 6.03. The van der Waals surface area contributed by atoms with Gasteiger partial charge in [0, 0.05) is 17.8 Å². The van der Waals surface area contributed by atoms with E-state index in [9.17, 15) is 0 Å². The quantitative estimate of drug-likeness (QED) is 0.835. The third-order valence-corrected chi connectivity index (χ3v) is 2.36. The second-order valence-corrected chi connectivity index (χ2v) is 3.70. The zero-order valence-electron chi connectivity index (χ0n) is 8.46. The van der Waals surface area contributed by atoms with E-state index in [1.54, 1.807) is 19.4 Å². The number of hydrogen-bond donors (Lipinski definition) is 1. The Morgan fingerprint density at radius 2 is 2.36 bits per heavy atom. The van der Waals surface area contributed by atoms with Crippen LogP contribution in [0.25, 0.3) is 0 Å². The molecule has 1 atom stereocenters. The highest BCUT2D eigenvalue weighted by molar-refractivity contribution is 6.31. The molecule has 0 radical (unpaired) electrons. The summed E-state index contributed by atoms with van der Waals surface area (Å²) in [6.07, 6.45) is 3.31. The Morgan fingerprint density at radius 3 is 2.93 bits per heavy atom. The van der Waals surface area contributed by atoms with Gasteiger partial charge in [-0.2, -0.15) is 0 Å². The molecule has 0 fully saturated rings. The molecule has 78 valence electrons. The van der Waals surface area contributed by atoms with Gasteiger partial charge in [-0.3, -0.25) is 0 Å². The fraction of sp³-hybridized carbons (Fsp3) is 0.500. The van der Waals surface area contributed by atoms with Gasteiger partial charge in [0.2, 0.25) is 5.88 Å². The Morgan fingerprint density at radius 1 is 1.64 bits per heavy atom. The Labute approximate surface area is 89.2 Å². The minimum atomic E-state index is 0.163. The van der Waals surface area contributed by atoms with Crippen molar-refractivity contribution in [2.75, 3.05) is 7.11 Å². The number of nitrogens with zero attached hydrogens (tertiary/aromatic N) is 1. The van der Waals surface area contributed by atoms with Gasteiger partial charge in [0.25, 0.3) is 0 Å². The molecule has 0 saturated carbocycles. The van der Waals surface area contributed by atoms with Crippen molar-refractivity contribution in [1.29, 1.82) is 0 Å². The van der Waals surface area contributed by atoms with Gasteiger partial charge in [0.15, 0.2) is 0 Å². The first-order valence-electron chi connectivity index (χ1n) is 4.58. The minimum absolute atomic E-state index is 0.163. The fourth-order valence-electron chi connectivity index (χ4n) is 1.23. The molecule has 0 aromatic carbocycles. The van der Waals surface area contributed by atoms with Gasteiger partial charge in [-0.25, -0.2) is 4.98 Å². The van der Waals surface area contributed by atoms with Crippen LogP contribution in [-0.2, 0) is 6.42 Å². The Bertz CT molecular complexity index is 302. The monoisotopic (exact) mass is 214 g/mol. The van der Waals surface area contributed by atoms with Crippen LogP contribution < -0.4 is 10.5 Å². The van der Waals surface area contributed by atoms with E-state index in [-0.39, 0.29) is 6.04 Å². The first kappa shape index (κ1) is 11.3. The average Bonchev–Trinajstić information content (AvgIpc) is 2.15. The molecule has 0 saturated heterocycles. The summed E-state index contributed by atoms with van der Waals surface area (Å²) in [7, 11) is 1.59. The predicted molar refractivity (Wildman–Crippen MR) is 57.8 cm³/mol. The van der Waals surface area contributed by atoms with Gasteiger partial charge >= 0.3 is 0 Å². The normalized spacial score (nSPS) is 12.6. The van der Waals surface area contributed by atoms with Gasteiger partial charge in [0.05, 0.1) is 12.1 Å². The summed E-state index contributed by atoms with van der Waals surface area (Å²) in [4.78, 5) is 4.09. The molecule has 14 heavy (non-hydrogen) atoms. The lowest BCUT2D eigenvalue weighted by atomic mass is 10.1. The molecule has 3 nitrogen and oxygen atoms in total. The zero-order chi connectivity index (χ0) is 10.6. The molecule has 1 aromatic rings. The van der Waals surface area contributed by atoms with Gasteiger partial charge in [0.1, 0.15) is 0 Å². The summed E-state index contributed by atoms with van der Waals surface area (Å²) in [6.45, 7) is 1.97. The van der Waals surface area contributed by atoms with E-state index in [0.717, 1.165) is 18.4 Å². The maximum absolute atomic E-state index is 6.03. The molecule has 1 heterocycles. The van der Waals surface area contributed by atoms with Crippen LogP contribution in [0.1, 0.15) is 18.9 Å². The van der Waals surface area contributed by atoms with Gasteiger partial charge in [-0.1, -0.05) is 11.6 Å². The molecule has 1 rings (SSSR count). The van der Waals surface area contributed by atoms with Crippen molar-refractivity contribution < 1.29 is 4.74 Å². The van der Waals surface area contributed by atoms with Gasteiger partial charge in [-0.05, 0) is 25.8 Å². The standard InChI is InChI=1S/C10H15ClN2O/c1-7(12)3-4-8-9(11)5-6-13-10(8)14-2/h5-7H,3-4,12H2,1-2H3. The van der Waals surface area contributed by atoms with Crippen LogP contribution in [0, 0.1) is 0 Å². The first-order chi connectivity index (χ1) is 6.65. The Hall–Kier alpha value is -0.800. The summed E-state index contributed by atoms with van der Waals surface area (Å²) < 4.78 is 5.12. The summed E-state index contributed by atoms with van der Waals surface area (Å²) in [5.41, 5.74) is 6.62. The first-order valence-corrected chi connectivity index (χ1v) is 4.96. The Balaban J connectivity index is 2.82. The molecular weight excluding hydrogens is 200 g/mol. The largest absolute Gasteiger partial charge is 0.481 e. The highest BCUT2D eigenvalue weighted by atomic mass is 35.5. The maximum Gasteiger partial charge on any atom is 0.217 e. The molecule has 0 aliphatic heterocycles. The minimum Gasteiger partial charge on any atom is -0.481 e. The lowest BCUT2D eigenvalue weighted by Gasteiger charge is -2.10. The smallest absolute Gasteiger partial charge is 0.217 e. The molecule has 0 spiro atoms. The lowest BCUT2D eigenvalue weighted by Crippen LogP contribution is -2.15. The van der Waals surface area contributed by atoms with Crippen molar-refractivity contribution in [3.05, 3.63) is 22.8 Å². The number of ether oxygens (including phenoxy) is 1. The van der Waals surface area contributed by atoms with Crippen LogP contribution >= 0.6 is 11.6 Å². The van der Waals surface area contributed by atoms with Crippen LogP contribution in [-0.4, -0.2) is 18.1 Å². The third-order valence-electron chi connectivity index (χ3n) is 2.00. The van der Waals surface area contributed by atoms with E-state index >= 15 is 0 Å². The summed E-state index contributed by atoms with van der Waals surface area (Å²) >= 11 is 6.03. The second-order valence-electron chi connectivity index (χ2n) is 3.30. The van der Waals surface area contributed by atoms with Gasteiger partial charge < -0.3 is 10.5 Å². The van der Waals surface area contributed by atoms with Crippen LogP contribution in [0.4, 0.5) is 0 Å². The molecule has 2 N–H and O–H groups in total. The number of hydrogen-bond acceptors (Lipinski definition) is 3. The van der Waals surface area contributed by atoms with Crippen molar-refractivity contribution in [2.24, 2.45) is 5.73 Å². The molecule has 0 aliphatic rings. The summed E-state index contributed by atoms with van der Waals surface area (Å²) in [6, 6.07) is 1.93. The molecule has 0 aliphatic carbocycles. The van der Waals surface area contributed by atoms with Crippen LogP contribution in [0.3, 0.4) is 0 Å². The highest BCUT2D eigenvalue weighted by Crippen LogP contribution is 2.25. The molecule has 4 heteroatoms. The average molecular weight is 215 g/mol. The number of nitrogens with two attached hydrogens (primary N) is 1. The summed E-state index contributed by atoms with van der Waals surface area (Å²) in [5, 5.41) is 0.692. The Kier molecular flexibility index (Phi) is 4.17. The third kappa shape index (κ3) is 2.86. The molecular formula is C10H15ClN2O. The van der Waals surface area contributed by atoms with Gasteiger partial charge in [-0.15, -0.1) is 0 Å². The molecule has 1 unspecified atom stereocenters. The summed E-state index contributed by atoms with van der Waals surface area (Å²) in [5.74, 6) is 0.596. The van der Waals surface area contributed by atoms with Crippen LogP contribution in [0.15, 0.2) is 12.3 Å². The van der Waals surface area contributed by atoms with Crippen molar-refractivity contribution in [1.82, 2.24) is 4.98 Å². The van der Waals surface area contributed by atoms with Crippen LogP contribution in [0.2, 0.25) is 5.02 Å². The number of pyridine rings is 1. The SMILES string of the molecule is COc1nccc(Cl)c1CCC(C)N. The van der Waals surface area contributed by atoms with Crippen molar-refractivity contribution in [3.8, 4) is 5.88 Å². The number of halogens is 1. The molecule has 0 amide bonds. The van der Waals surface area contributed by atoms with E-state index in [1.807, 2.05) is 6.92 Å². The van der Waals surface area contributed by atoms with Crippen molar-refractivity contribution >= 4 is 11.6 Å². The second kappa shape index (κ2) is 5.17. The number of aromatic nitrogens is 1. The predicted octanol–water partition coefficient (Wildman–Crippen LogP) is 2.02. The lowest BCUT2D eigenvalue weighted by molar-refractivity contribution is 0.391. The molecule has 1 aromatic heterocycles. The van der Waals surface area contributed by atoms with E-state index < -0.39 is 0 Å². The van der Waals surface area contributed by atoms with Crippen molar-refractivity contribution in [2.45, 2.75) is 25.8 Å².